The van der Waals surface area contributed by atoms with Crippen molar-refractivity contribution < 1.29 is 9.53 Å². The van der Waals surface area contributed by atoms with Crippen LogP contribution >= 0.6 is 23.7 Å². The Labute approximate surface area is 181 Å². The number of hydrogen-bond donors (Lipinski definition) is 0. The fraction of sp³-hybridized carbons (Fsp3) is 0.450. The maximum Gasteiger partial charge on any atom is 0.278 e. The lowest BCUT2D eigenvalue weighted by molar-refractivity contribution is 0.0974. The molecule has 1 aromatic carbocycles. The summed E-state index contributed by atoms with van der Waals surface area (Å²) in [5.74, 6) is 0.710. The van der Waals surface area contributed by atoms with E-state index in [9.17, 15) is 4.79 Å². The smallest absolute Gasteiger partial charge is 0.278 e. The van der Waals surface area contributed by atoms with Gasteiger partial charge < -0.3 is 9.64 Å². The molecule has 0 N–H and O–H groups in total. The van der Waals surface area contributed by atoms with Gasteiger partial charge in [0, 0.05) is 18.8 Å². The van der Waals surface area contributed by atoms with Gasteiger partial charge in [0.1, 0.15) is 11.4 Å². The second-order valence-electron chi connectivity index (χ2n) is 7.20. The molecular formula is C20H28ClN5O2S. The lowest BCUT2D eigenvalue weighted by atomic mass is 10.3. The number of amides is 1. The molecule has 0 radical (unpaired) electrons. The number of carbonyl (C=O) groups is 1. The third-order valence-corrected chi connectivity index (χ3v) is 5.47. The summed E-state index contributed by atoms with van der Waals surface area (Å²) in [6, 6.07) is 7.65. The molecule has 7 nitrogen and oxygen atoms in total. The van der Waals surface area contributed by atoms with Gasteiger partial charge in [-0.1, -0.05) is 11.3 Å². The van der Waals surface area contributed by atoms with Crippen molar-refractivity contribution in [1.29, 1.82) is 0 Å². The largest absolute Gasteiger partial charge is 0.497 e. The molecule has 0 spiro atoms. The summed E-state index contributed by atoms with van der Waals surface area (Å²) in [5.41, 5.74) is 1.44. The van der Waals surface area contributed by atoms with Crippen molar-refractivity contribution in [1.82, 2.24) is 19.7 Å². The van der Waals surface area contributed by atoms with Gasteiger partial charge in [0.15, 0.2) is 5.13 Å². The first-order valence-electron chi connectivity index (χ1n) is 9.35. The first kappa shape index (κ1) is 23.1. The van der Waals surface area contributed by atoms with E-state index in [2.05, 4.69) is 10.00 Å². The molecule has 0 aliphatic carbocycles. The average Bonchev–Trinajstić information content (AvgIpc) is 3.30. The third-order valence-electron chi connectivity index (χ3n) is 4.43. The second kappa shape index (κ2) is 10.0. The Hall–Kier alpha value is -2.16. The molecule has 3 aromatic rings. The van der Waals surface area contributed by atoms with E-state index >= 15 is 0 Å². The van der Waals surface area contributed by atoms with Crippen LogP contribution in [0.1, 0.15) is 36.8 Å². The summed E-state index contributed by atoms with van der Waals surface area (Å²) in [5, 5.41) is 5.01. The molecule has 0 fully saturated rings. The molecule has 0 aliphatic heterocycles. The SMILES string of the molecule is COc1ccc2nc(N(CCCN(C)C)C(=O)c3ccnn3C(C)C)sc2c1.Cl. The highest BCUT2D eigenvalue weighted by Gasteiger charge is 2.24. The number of methoxy groups -OCH3 is 1. The van der Waals surface area contributed by atoms with E-state index in [0.29, 0.717) is 17.4 Å². The number of benzene rings is 1. The molecular weight excluding hydrogens is 410 g/mol. The monoisotopic (exact) mass is 437 g/mol. The van der Waals surface area contributed by atoms with Gasteiger partial charge in [0.2, 0.25) is 0 Å². The maximum atomic E-state index is 13.4. The Bertz CT molecular complexity index is 953. The molecule has 1 amide bonds. The second-order valence-corrected chi connectivity index (χ2v) is 8.21. The number of ether oxygens (including phenoxy) is 1. The van der Waals surface area contributed by atoms with E-state index in [1.54, 1.807) is 29.0 Å². The fourth-order valence-electron chi connectivity index (χ4n) is 3.00. The van der Waals surface area contributed by atoms with Gasteiger partial charge in [-0.25, -0.2) is 4.98 Å². The minimum Gasteiger partial charge on any atom is -0.497 e. The topological polar surface area (TPSA) is 63.5 Å². The molecule has 2 aromatic heterocycles. The minimum atomic E-state index is -0.0732. The van der Waals surface area contributed by atoms with Crippen LogP contribution in [-0.4, -0.2) is 59.9 Å². The first-order valence-corrected chi connectivity index (χ1v) is 10.2. The molecule has 0 saturated heterocycles. The molecule has 2 heterocycles. The average molecular weight is 438 g/mol. The van der Waals surface area contributed by atoms with Crippen molar-refractivity contribution in [2.45, 2.75) is 26.3 Å². The van der Waals surface area contributed by atoms with Crippen molar-refractivity contribution in [3.63, 3.8) is 0 Å². The van der Waals surface area contributed by atoms with Gasteiger partial charge in [0.05, 0.1) is 17.3 Å². The normalized spacial score (nSPS) is 11.1. The molecule has 0 aliphatic rings. The van der Waals surface area contributed by atoms with Crippen LogP contribution in [0, 0.1) is 0 Å². The van der Waals surface area contributed by atoms with Gasteiger partial charge in [-0.3, -0.25) is 14.4 Å². The standard InChI is InChI=1S/C20H27N5O2S.ClH/c1-14(2)25-17(9-10-21-25)19(26)24(12-6-11-23(3)4)20-22-16-8-7-15(27-5)13-18(16)28-20;/h7-10,13-14H,6,11-12H2,1-5H3;1H. The quantitative estimate of drug-likeness (QED) is 0.530. The molecule has 0 atom stereocenters. The minimum absolute atomic E-state index is 0. The van der Waals surface area contributed by atoms with E-state index < -0.39 is 0 Å². The highest BCUT2D eigenvalue weighted by molar-refractivity contribution is 7.22. The summed E-state index contributed by atoms with van der Waals surface area (Å²) in [6.45, 7) is 5.53. The van der Waals surface area contributed by atoms with E-state index in [-0.39, 0.29) is 24.4 Å². The van der Waals surface area contributed by atoms with E-state index in [1.807, 2.05) is 46.1 Å². The first-order chi connectivity index (χ1) is 13.4. The Morgan fingerprint density at radius 2 is 2.00 bits per heavy atom. The molecule has 0 saturated carbocycles. The van der Waals surface area contributed by atoms with Crippen LogP contribution in [0.5, 0.6) is 5.75 Å². The number of nitrogens with zero attached hydrogens (tertiary/aromatic N) is 5. The summed E-state index contributed by atoms with van der Waals surface area (Å²) < 4.78 is 8.07. The Morgan fingerprint density at radius 1 is 1.24 bits per heavy atom. The number of hydrogen-bond acceptors (Lipinski definition) is 6. The number of thiazole rings is 1. The highest BCUT2D eigenvalue weighted by Crippen LogP contribution is 2.32. The highest BCUT2D eigenvalue weighted by atomic mass is 35.5. The van der Waals surface area contributed by atoms with Crippen LogP contribution in [-0.2, 0) is 0 Å². The summed E-state index contributed by atoms with van der Waals surface area (Å²) >= 11 is 1.50. The number of carbonyl (C=O) groups excluding carboxylic acids is 1. The number of rotatable bonds is 8. The van der Waals surface area contributed by atoms with Crippen LogP contribution in [0.15, 0.2) is 30.5 Å². The van der Waals surface area contributed by atoms with Crippen molar-refractivity contribution in [3.8, 4) is 5.75 Å². The van der Waals surface area contributed by atoms with Gasteiger partial charge >= 0.3 is 0 Å². The zero-order chi connectivity index (χ0) is 20.3. The van der Waals surface area contributed by atoms with Crippen molar-refractivity contribution in [2.24, 2.45) is 0 Å². The zero-order valence-electron chi connectivity index (χ0n) is 17.5. The zero-order valence-corrected chi connectivity index (χ0v) is 19.1. The molecule has 29 heavy (non-hydrogen) atoms. The van der Waals surface area contributed by atoms with Gasteiger partial charge in [-0.05, 0) is 65.2 Å². The summed E-state index contributed by atoms with van der Waals surface area (Å²) in [4.78, 5) is 22.0. The Kier molecular flexibility index (Phi) is 8.01. The van der Waals surface area contributed by atoms with Crippen LogP contribution < -0.4 is 9.64 Å². The van der Waals surface area contributed by atoms with E-state index in [0.717, 1.165) is 28.9 Å². The van der Waals surface area contributed by atoms with Crippen molar-refractivity contribution >= 4 is 45.0 Å². The van der Waals surface area contributed by atoms with Crippen molar-refractivity contribution in [3.05, 3.63) is 36.2 Å². The predicted octanol–water partition coefficient (Wildman–Crippen LogP) is 4.10. The lowest BCUT2D eigenvalue weighted by Gasteiger charge is -2.22. The van der Waals surface area contributed by atoms with E-state index in [1.165, 1.54) is 11.3 Å². The number of fused-ring (bicyclic) bond motifs is 1. The number of halogens is 1. The number of anilines is 1. The number of aromatic nitrogens is 3. The van der Waals surface area contributed by atoms with Crippen LogP contribution in [0.25, 0.3) is 10.2 Å². The van der Waals surface area contributed by atoms with Gasteiger partial charge in [-0.2, -0.15) is 5.10 Å². The van der Waals surface area contributed by atoms with Crippen molar-refractivity contribution in [2.75, 3.05) is 39.2 Å². The van der Waals surface area contributed by atoms with Gasteiger partial charge in [0.25, 0.3) is 5.91 Å². The van der Waals surface area contributed by atoms with Crippen LogP contribution in [0.4, 0.5) is 5.13 Å². The molecule has 158 valence electrons. The van der Waals surface area contributed by atoms with E-state index in [4.69, 9.17) is 9.72 Å². The Balaban J connectivity index is 0.00000300. The van der Waals surface area contributed by atoms with Crippen LogP contribution in [0.2, 0.25) is 0 Å². The molecule has 0 bridgehead atoms. The Morgan fingerprint density at radius 3 is 2.66 bits per heavy atom. The molecule has 9 heteroatoms. The third kappa shape index (κ3) is 5.26. The summed E-state index contributed by atoms with van der Waals surface area (Å²) in [6.07, 6.45) is 2.53. The fourth-order valence-corrected chi connectivity index (χ4v) is 4.02. The van der Waals surface area contributed by atoms with Gasteiger partial charge in [-0.15, -0.1) is 12.4 Å². The van der Waals surface area contributed by atoms with Crippen LogP contribution in [0.3, 0.4) is 0 Å². The summed E-state index contributed by atoms with van der Waals surface area (Å²) in [7, 11) is 5.71. The lowest BCUT2D eigenvalue weighted by Crippen LogP contribution is -2.35. The molecule has 0 unspecified atom stereocenters. The predicted molar refractivity (Wildman–Crippen MR) is 121 cm³/mol. The maximum absolute atomic E-state index is 13.4. The molecule has 3 rings (SSSR count).